The Bertz CT molecular complexity index is 381. The monoisotopic (exact) mass is 267 g/mol. The molecule has 3 amide bonds. The number of rotatable bonds is 2. The summed E-state index contributed by atoms with van der Waals surface area (Å²) in [5.74, 6) is -0.0223. The number of nitrogens with one attached hydrogen (secondary N) is 2. The van der Waals surface area contributed by atoms with Gasteiger partial charge in [0.05, 0.1) is 0 Å². The topological polar surface area (TPSA) is 61.4 Å². The summed E-state index contributed by atoms with van der Waals surface area (Å²) in [6, 6.07) is 0.0580. The minimum Gasteiger partial charge on any atom is -0.350 e. The summed E-state index contributed by atoms with van der Waals surface area (Å²) in [4.78, 5) is 25.5. The highest BCUT2D eigenvalue weighted by Crippen LogP contribution is 2.12. The van der Waals surface area contributed by atoms with Gasteiger partial charge in [-0.15, -0.1) is 0 Å². The fourth-order valence-corrected chi connectivity index (χ4v) is 1.81. The van der Waals surface area contributed by atoms with Crippen LogP contribution in [0.4, 0.5) is 4.79 Å². The van der Waals surface area contributed by atoms with Crippen molar-refractivity contribution in [1.82, 2.24) is 15.5 Å². The van der Waals surface area contributed by atoms with Crippen molar-refractivity contribution in [3.8, 4) is 0 Å². The summed E-state index contributed by atoms with van der Waals surface area (Å²) in [6.07, 6.45) is 2.44. The van der Waals surface area contributed by atoms with Crippen molar-refractivity contribution in [3.63, 3.8) is 0 Å². The third-order valence-electron chi connectivity index (χ3n) is 2.69. The molecular formula is C14H25N3O2. The maximum atomic E-state index is 12.0. The zero-order valence-corrected chi connectivity index (χ0v) is 12.5. The van der Waals surface area contributed by atoms with Gasteiger partial charge >= 0.3 is 6.03 Å². The van der Waals surface area contributed by atoms with Crippen molar-refractivity contribution in [2.45, 2.75) is 52.6 Å². The predicted molar refractivity (Wildman–Crippen MR) is 75.8 cm³/mol. The van der Waals surface area contributed by atoms with E-state index >= 15 is 0 Å². The number of nitrogens with zero attached hydrogens (tertiary/aromatic N) is 1. The first-order chi connectivity index (χ1) is 8.69. The second kappa shape index (κ2) is 6.08. The van der Waals surface area contributed by atoms with Crippen molar-refractivity contribution in [2.24, 2.45) is 0 Å². The van der Waals surface area contributed by atoms with E-state index in [2.05, 4.69) is 10.6 Å². The van der Waals surface area contributed by atoms with Crippen molar-refractivity contribution in [1.29, 1.82) is 0 Å². The average molecular weight is 267 g/mol. The van der Waals surface area contributed by atoms with E-state index in [0.29, 0.717) is 19.5 Å². The van der Waals surface area contributed by atoms with Crippen molar-refractivity contribution >= 4 is 11.9 Å². The maximum absolute atomic E-state index is 12.0. The van der Waals surface area contributed by atoms with Gasteiger partial charge in [-0.05, 0) is 41.0 Å². The molecular weight excluding hydrogens is 242 g/mol. The first-order valence-corrected chi connectivity index (χ1v) is 6.76. The van der Waals surface area contributed by atoms with Gasteiger partial charge in [-0.1, -0.05) is 6.08 Å². The molecule has 0 aromatic rings. The molecule has 0 spiro atoms. The molecule has 0 radical (unpaired) electrons. The third kappa shape index (κ3) is 5.32. The van der Waals surface area contributed by atoms with Gasteiger partial charge in [-0.3, -0.25) is 4.79 Å². The molecule has 2 N–H and O–H groups in total. The second-order valence-electron chi connectivity index (χ2n) is 6.23. The molecule has 0 bridgehead atoms. The number of carbonyl (C=O) groups excluding carboxylic acids is 2. The van der Waals surface area contributed by atoms with E-state index in [1.165, 1.54) is 0 Å². The highest BCUT2D eigenvalue weighted by atomic mass is 16.2. The van der Waals surface area contributed by atoms with Crippen LogP contribution in [0.3, 0.4) is 0 Å². The molecule has 108 valence electrons. The molecule has 0 saturated heterocycles. The van der Waals surface area contributed by atoms with E-state index < -0.39 is 0 Å². The molecule has 5 nitrogen and oxygen atoms in total. The Kier molecular flexibility index (Phi) is 4.97. The lowest BCUT2D eigenvalue weighted by Crippen LogP contribution is -2.50. The number of carbonyl (C=O) groups is 2. The molecule has 1 rings (SSSR count). The molecule has 1 heterocycles. The molecule has 0 aromatic heterocycles. The number of hydrogen-bond donors (Lipinski definition) is 2. The fourth-order valence-electron chi connectivity index (χ4n) is 1.81. The number of urea groups is 1. The van der Waals surface area contributed by atoms with Crippen LogP contribution >= 0.6 is 0 Å². The summed E-state index contributed by atoms with van der Waals surface area (Å²) in [6.45, 7) is 10.8. The van der Waals surface area contributed by atoms with Gasteiger partial charge in [-0.25, -0.2) is 4.79 Å². The predicted octanol–water partition coefficient (Wildman–Crippen LogP) is 1.65. The molecule has 0 aromatic carbocycles. The lowest BCUT2D eigenvalue weighted by molar-refractivity contribution is -0.118. The molecule has 19 heavy (non-hydrogen) atoms. The van der Waals surface area contributed by atoms with E-state index in [1.54, 1.807) is 4.90 Å². The minimum atomic E-state index is -0.240. The zero-order valence-electron chi connectivity index (χ0n) is 12.5. The lowest BCUT2D eigenvalue weighted by atomic mass is 10.1. The van der Waals surface area contributed by atoms with Crippen LogP contribution in [0.1, 0.15) is 41.0 Å². The van der Waals surface area contributed by atoms with Crippen LogP contribution in [0, 0.1) is 0 Å². The third-order valence-corrected chi connectivity index (χ3v) is 2.69. The van der Waals surface area contributed by atoms with E-state index in [-0.39, 0.29) is 23.5 Å². The molecule has 0 fully saturated rings. The van der Waals surface area contributed by atoms with E-state index in [0.717, 1.165) is 5.57 Å². The fraction of sp³-hybridized carbons (Fsp3) is 0.714. The van der Waals surface area contributed by atoms with E-state index in [1.807, 2.05) is 40.7 Å². The Morgan fingerprint density at radius 1 is 1.32 bits per heavy atom. The van der Waals surface area contributed by atoms with Gasteiger partial charge in [0.2, 0.25) is 5.91 Å². The highest BCUT2D eigenvalue weighted by molar-refractivity contribution is 5.94. The molecule has 0 unspecified atom stereocenters. The smallest absolute Gasteiger partial charge is 0.318 e. The van der Waals surface area contributed by atoms with Crippen LogP contribution < -0.4 is 10.6 Å². The number of hydrogen-bond acceptors (Lipinski definition) is 2. The van der Waals surface area contributed by atoms with Gasteiger partial charge in [0.1, 0.15) is 0 Å². The van der Waals surface area contributed by atoms with Crippen LogP contribution in [-0.2, 0) is 4.79 Å². The van der Waals surface area contributed by atoms with E-state index in [9.17, 15) is 9.59 Å². The summed E-state index contributed by atoms with van der Waals surface area (Å²) < 4.78 is 0. The van der Waals surface area contributed by atoms with E-state index in [4.69, 9.17) is 0 Å². The average Bonchev–Trinajstić information content (AvgIpc) is 2.26. The van der Waals surface area contributed by atoms with Crippen molar-refractivity contribution in [2.75, 3.05) is 13.1 Å². The standard InChI is InChI=1S/C14H25N3O2/c1-10(2)15-12(18)11-6-8-17(9-7-11)13(19)16-14(3,4)5/h6,10H,7-9H2,1-5H3,(H,15,18)(H,16,19). The molecule has 5 heteroatoms. The van der Waals surface area contributed by atoms with Crippen molar-refractivity contribution < 1.29 is 9.59 Å². The Morgan fingerprint density at radius 2 is 1.95 bits per heavy atom. The van der Waals surface area contributed by atoms with Crippen LogP contribution in [-0.4, -0.2) is 41.5 Å². The Hall–Kier alpha value is -1.52. The summed E-state index contributed by atoms with van der Waals surface area (Å²) >= 11 is 0. The highest BCUT2D eigenvalue weighted by Gasteiger charge is 2.23. The van der Waals surface area contributed by atoms with Crippen LogP contribution in [0.5, 0.6) is 0 Å². The minimum absolute atomic E-state index is 0.0223. The lowest BCUT2D eigenvalue weighted by Gasteiger charge is -2.30. The zero-order chi connectivity index (χ0) is 14.6. The van der Waals surface area contributed by atoms with Crippen molar-refractivity contribution in [3.05, 3.63) is 11.6 Å². The quantitative estimate of drug-likeness (QED) is 0.799. The largest absolute Gasteiger partial charge is 0.350 e. The van der Waals surface area contributed by atoms with Gasteiger partial charge in [0.15, 0.2) is 0 Å². The van der Waals surface area contributed by atoms with Crippen LogP contribution in [0.15, 0.2) is 11.6 Å². The summed E-state index contributed by atoms with van der Waals surface area (Å²) in [5, 5.41) is 5.79. The Labute approximate surface area is 115 Å². The van der Waals surface area contributed by atoms with Gasteiger partial charge in [-0.2, -0.15) is 0 Å². The molecule has 1 aliphatic rings. The summed E-state index contributed by atoms with van der Waals surface area (Å²) in [5.41, 5.74) is 0.532. The molecule has 0 aliphatic carbocycles. The normalized spacial score (nSPS) is 16.1. The number of amides is 3. The van der Waals surface area contributed by atoms with Crippen LogP contribution in [0.2, 0.25) is 0 Å². The first kappa shape index (κ1) is 15.5. The van der Waals surface area contributed by atoms with Gasteiger partial charge < -0.3 is 15.5 Å². The Morgan fingerprint density at radius 3 is 2.37 bits per heavy atom. The van der Waals surface area contributed by atoms with Crippen LogP contribution in [0.25, 0.3) is 0 Å². The first-order valence-electron chi connectivity index (χ1n) is 6.76. The molecule has 1 aliphatic heterocycles. The Balaban J connectivity index is 2.53. The second-order valence-corrected chi connectivity index (χ2v) is 6.23. The summed E-state index contributed by atoms with van der Waals surface area (Å²) in [7, 11) is 0. The SMILES string of the molecule is CC(C)NC(=O)C1=CCN(C(=O)NC(C)(C)C)CC1. The van der Waals surface area contributed by atoms with Gasteiger partial charge in [0, 0.05) is 30.2 Å². The molecule has 0 saturated carbocycles. The van der Waals surface area contributed by atoms with Gasteiger partial charge in [0.25, 0.3) is 0 Å². The molecule has 0 atom stereocenters. The maximum Gasteiger partial charge on any atom is 0.318 e.